The molecule has 0 aromatic carbocycles. The lowest BCUT2D eigenvalue weighted by molar-refractivity contribution is 0.138. The van der Waals surface area contributed by atoms with E-state index in [9.17, 15) is 0 Å². The van der Waals surface area contributed by atoms with Gasteiger partial charge >= 0.3 is 0 Å². The van der Waals surface area contributed by atoms with E-state index in [2.05, 4.69) is 43.6 Å². The maximum absolute atomic E-state index is 3.85. The van der Waals surface area contributed by atoms with E-state index in [1.54, 1.807) is 11.3 Å². The molecule has 2 aliphatic heterocycles. The van der Waals surface area contributed by atoms with Crippen molar-refractivity contribution in [3.63, 3.8) is 0 Å². The number of hydrogen-bond acceptors (Lipinski definition) is 2. The molecule has 0 aromatic heterocycles. The molecule has 1 aliphatic carbocycles. The Labute approximate surface area is 130 Å². The molecule has 2 atom stereocenters. The van der Waals surface area contributed by atoms with E-state index in [0.29, 0.717) is 11.5 Å². The fraction of sp³-hybridized carbons (Fsp3) is 0.789. The highest BCUT2D eigenvalue weighted by atomic mass is 15.0. The Hall–Kier alpha value is -0.760. The van der Waals surface area contributed by atoms with Crippen molar-refractivity contribution < 1.29 is 0 Å². The Morgan fingerprint density at radius 1 is 1.29 bits per heavy atom. The summed E-state index contributed by atoms with van der Waals surface area (Å²) in [6.07, 6.45) is 14.1. The third-order valence-electron chi connectivity index (χ3n) is 6.18. The van der Waals surface area contributed by atoms with Crippen LogP contribution in [0.15, 0.2) is 23.4 Å². The van der Waals surface area contributed by atoms with Crippen LogP contribution in [0, 0.1) is 10.8 Å². The smallest absolute Gasteiger partial charge is 0.0469 e. The van der Waals surface area contributed by atoms with E-state index in [4.69, 9.17) is 0 Å². The lowest BCUT2D eigenvalue weighted by atomic mass is 9.56. The molecule has 0 amide bonds. The second-order valence-corrected chi connectivity index (χ2v) is 7.72. The van der Waals surface area contributed by atoms with Crippen LogP contribution in [0.2, 0.25) is 0 Å². The molecule has 0 spiro atoms. The van der Waals surface area contributed by atoms with Crippen LogP contribution in [0.3, 0.4) is 0 Å². The minimum atomic E-state index is 0.256. The van der Waals surface area contributed by atoms with Gasteiger partial charge in [0.1, 0.15) is 0 Å². The molecule has 118 valence electrons. The van der Waals surface area contributed by atoms with Crippen LogP contribution in [0.5, 0.6) is 0 Å². The SMILES string of the molecule is CC/C=C\C(C)(C)[C@]12CCCCC1=C(C1CCCN1)NC2. The summed E-state index contributed by atoms with van der Waals surface area (Å²) in [5.41, 5.74) is 3.95. The maximum atomic E-state index is 3.85. The van der Waals surface area contributed by atoms with E-state index >= 15 is 0 Å². The van der Waals surface area contributed by atoms with Crippen molar-refractivity contribution >= 4 is 0 Å². The first-order valence-corrected chi connectivity index (χ1v) is 8.99. The molecule has 2 heterocycles. The topological polar surface area (TPSA) is 24.1 Å². The molecule has 1 saturated carbocycles. The zero-order valence-corrected chi connectivity index (χ0v) is 14.1. The molecule has 2 N–H and O–H groups in total. The molecule has 0 bridgehead atoms. The predicted octanol–water partition coefficient (Wildman–Crippen LogP) is 4.15. The van der Waals surface area contributed by atoms with E-state index < -0.39 is 0 Å². The van der Waals surface area contributed by atoms with Gasteiger partial charge in [-0.25, -0.2) is 0 Å². The lowest BCUT2D eigenvalue weighted by Crippen LogP contribution is -2.42. The standard InChI is InChI=1S/C19H32N2/c1-4-5-11-18(2,3)19-12-7-6-9-15(19)17(21-14-19)16-10-8-13-20-16/h5,11,16,20-21H,4,6-10,12-14H2,1-3H3/b11-5-/t16?,19-/m0/s1. The Kier molecular flexibility index (Phi) is 4.18. The Balaban J connectivity index is 1.97. The maximum Gasteiger partial charge on any atom is 0.0469 e. The minimum Gasteiger partial charge on any atom is -0.386 e. The molecule has 2 nitrogen and oxygen atoms in total. The van der Waals surface area contributed by atoms with E-state index in [1.165, 1.54) is 45.1 Å². The summed E-state index contributed by atoms with van der Waals surface area (Å²) in [5, 5.41) is 7.55. The average Bonchev–Trinajstić information content (AvgIpc) is 3.12. The quantitative estimate of drug-likeness (QED) is 0.759. The molecular weight excluding hydrogens is 256 g/mol. The van der Waals surface area contributed by atoms with E-state index in [-0.39, 0.29) is 5.41 Å². The Morgan fingerprint density at radius 3 is 2.86 bits per heavy atom. The first-order valence-electron chi connectivity index (χ1n) is 8.99. The normalized spacial score (nSPS) is 33.6. The summed E-state index contributed by atoms with van der Waals surface area (Å²) in [5.74, 6) is 0. The Morgan fingerprint density at radius 2 is 2.14 bits per heavy atom. The molecule has 1 unspecified atom stereocenters. The minimum absolute atomic E-state index is 0.256. The number of nitrogens with one attached hydrogen (secondary N) is 2. The monoisotopic (exact) mass is 288 g/mol. The summed E-state index contributed by atoms with van der Waals surface area (Å²) in [6, 6.07) is 0.603. The third kappa shape index (κ3) is 2.46. The van der Waals surface area contributed by atoms with Crippen molar-refractivity contribution in [2.45, 2.75) is 71.8 Å². The summed E-state index contributed by atoms with van der Waals surface area (Å²) in [4.78, 5) is 0. The van der Waals surface area contributed by atoms with Crippen molar-refractivity contribution in [2.75, 3.05) is 13.1 Å². The molecule has 3 rings (SSSR count). The number of rotatable bonds is 4. The zero-order valence-electron chi connectivity index (χ0n) is 14.1. The predicted molar refractivity (Wildman–Crippen MR) is 90.2 cm³/mol. The summed E-state index contributed by atoms with van der Waals surface area (Å²) >= 11 is 0. The van der Waals surface area contributed by atoms with Crippen LogP contribution in [0.25, 0.3) is 0 Å². The second kappa shape index (κ2) is 5.79. The van der Waals surface area contributed by atoms with Gasteiger partial charge in [0.2, 0.25) is 0 Å². The molecule has 3 aliphatic rings. The molecule has 2 fully saturated rings. The first kappa shape index (κ1) is 15.1. The van der Waals surface area contributed by atoms with Gasteiger partial charge in [-0.3, -0.25) is 0 Å². The highest BCUT2D eigenvalue weighted by Gasteiger charge is 2.51. The van der Waals surface area contributed by atoms with Gasteiger partial charge in [0, 0.05) is 23.7 Å². The van der Waals surface area contributed by atoms with Crippen LogP contribution < -0.4 is 10.6 Å². The van der Waals surface area contributed by atoms with E-state index in [1.807, 2.05) is 0 Å². The van der Waals surface area contributed by atoms with Crippen LogP contribution in [-0.2, 0) is 0 Å². The van der Waals surface area contributed by atoms with Gasteiger partial charge in [-0.15, -0.1) is 0 Å². The number of allylic oxidation sites excluding steroid dienone is 2. The molecule has 21 heavy (non-hydrogen) atoms. The van der Waals surface area contributed by atoms with Crippen molar-refractivity contribution in [3.05, 3.63) is 23.4 Å². The number of hydrogen-bond donors (Lipinski definition) is 2. The molecule has 0 radical (unpaired) electrons. The van der Waals surface area contributed by atoms with Gasteiger partial charge in [0.05, 0.1) is 0 Å². The van der Waals surface area contributed by atoms with Crippen LogP contribution in [-0.4, -0.2) is 19.1 Å². The van der Waals surface area contributed by atoms with Crippen LogP contribution >= 0.6 is 0 Å². The zero-order chi connectivity index (χ0) is 14.9. The second-order valence-electron chi connectivity index (χ2n) is 7.72. The molecule has 1 saturated heterocycles. The number of fused-ring (bicyclic) bond motifs is 1. The van der Waals surface area contributed by atoms with E-state index in [0.717, 1.165) is 13.0 Å². The van der Waals surface area contributed by atoms with Gasteiger partial charge in [-0.1, -0.05) is 39.3 Å². The Bertz CT molecular complexity index is 440. The van der Waals surface area contributed by atoms with Gasteiger partial charge in [-0.2, -0.15) is 0 Å². The van der Waals surface area contributed by atoms with Crippen LogP contribution in [0.1, 0.15) is 65.7 Å². The van der Waals surface area contributed by atoms with Gasteiger partial charge in [0.25, 0.3) is 0 Å². The molecule has 0 aromatic rings. The summed E-state index contributed by atoms with van der Waals surface area (Å²) in [6.45, 7) is 9.49. The fourth-order valence-electron chi connectivity index (χ4n) is 4.83. The van der Waals surface area contributed by atoms with Crippen molar-refractivity contribution in [1.82, 2.24) is 10.6 Å². The van der Waals surface area contributed by atoms with Gasteiger partial charge < -0.3 is 10.6 Å². The fourth-order valence-corrected chi connectivity index (χ4v) is 4.83. The van der Waals surface area contributed by atoms with Crippen molar-refractivity contribution in [1.29, 1.82) is 0 Å². The van der Waals surface area contributed by atoms with Crippen LogP contribution in [0.4, 0.5) is 0 Å². The largest absolute Gasteiger partial charge is 0.386 e. The third-order valence-corrected chi connectivity index (χ3v) is 6.18. The summed E-state index contributed by atoms with van der Waals surface area (Å²) in [7, 11) is 0. The highest BCUT2D eigenvalue weighted by Crippen LogP contribution is 2.56. The molecular formula is C19H32N2. The highest BCUT2D eigenvalue weighted by molar-refractivity contribution is 5.37. The van der Waals surface area contributed by atoms with Gasteiger partial charge in [0.15, 0.2) is 0 Å². The van der Waals surface area contributed by atoms with Gasteiger partial charge in [-0.05, 0) is 56.1 Å². The van der Waals surface area contributed by atoms with Crippen molar-refractivity contribution in [3.8, 4) is 0 Å². The first-order chi connectivity index (χ1) is 10.1. The molecule has 2 heteroatoms. The lowest BCUT2D eigenvalue weighted by Gasteiger charge is -2.47. The summed E-state index contributed by atoms with van der Waals surface area (Å²) < 4.78 is 0. The van der Waals surface area contributed by atoms with Crippen molar-refractivity contribution in [2.24, 2.45) is 10.8 Å². The average molecular weight is 288 g/mol.